The number of hydrogen-bond donors (Lipinski definition) is 0. The third-order valence-electron chi connectivity index (χ3n) is 4.27. The van der Waals surface area contributed by atoms with Gasteiger partial charge in [-0.1, -0.05) is 0 Å². The Labute approximate surface area is 136 Å². The van der Waals surface area contributed by atoms with Crippen LogP contribution in [0.1, 0.15) is 22.4 Å². The lowest BCUT2D eigenvalue weighted by Crippen LogP contribution is -2.32. The van der Waals surface area contributed by atoms with E-state index >= 15 is 0 Å². The molecule has 3 aromatic heterocycles. The fourth-order valence-electron chi connectivity index (χ4n) is 2.94. The fraction of sp³-hybridized carbons (Fsp3) is 0.333. The molecule has 0 atom stereocenters. The first-order valence-electron chi connectivity index (χ1n) is 7.19. The van der Waals surface area contributed by atoms with Crippen molar-refractivity contribution in [3.8, 4) is 0 Å². The molecular formula is C15H15BrN6. The Hall–Kier alpha value is -2.02. The van der Waals surface area contributed by atoms with E-state index in [2.05, 4.69) is 55.9 Å². The maximum absolute atomic E-state index is 4.70. The van der Waals surface area contributed by atoms with Gasteiger partial charge in [0.2, 0.25) is 0 Å². The van der Waals surface area contributed by atoms with Crippen molar-refractivity contribution < 1.29 is 0 Å². The molecule has 7 heteroatoms. The zero-order valence-electron chi connectivity index (χ0n) is 12.4. The molecule has 0 amide bonds. The van der Waals surface area contributed by atoms with Crippen LogP contribution in [0.2, 0.25) is 0 Å². The van der Waals surface area contributed by atoms with Crippen LogP contribution in [0.4, 0.5) is 5.82 Å². The molecule has 112 valence electrons. The molecule has 0 saturated heterocycles. The van der Waals surface area contributed by atoms with Crippen molar-refractivity contribution in [3.63, 3.8) is 0 Å². The average Bonchev–Trinajstić information content (AvgIpc) is 2.98. The third-order valence-corrected chi connectivity index (χ3v) is 4.71. The summed E-state index contributed by atoms with van der Waals surface area (Å²) in [7, 11) is 0. The van der Waals surface area contributed by atoms with Crippen LogP contribution in [0, 0.1) is 13.8 Å². The van der Waals surface area contributed by atoms with Gasteiger partial charge in [0.25, 0.3) is 0 Å². The molecule has 1 aliphatic heterocycles. The highest BCUT2D eigenvalue weighted by Gasteiger charge is 2.22. The van der Waals surface area contributed by atoms with Crippen LogP contribution in [0.3, 0.4) is 0 Å². The summed E-state index contributed by atoms with van der Waals surface area (Å²) in [5.41, 5.74) is 5.54. The number of aromatic nitrogens is 5. The molecule has 0 bridgehead atoms. The zero-order valence-corrected chi connectivity index (χ0v) is 14.0. The van der Waals surface area contributed by atoms with E-state index in [4.69, 9.17) is 5.10 Å². The minimum atomic E-state index is 0.822. The number of aryl methyl sites for hydroxylation is 1. The Bertz CT molecular complexity index is 872. The zero-order chi connectivity index (χ0) is 15.3. The second kappa shape index (κ2) is 5.01. The summed E-state index contributed by atoms with van der Waals surface area (Å²) in [5.74, 6) is 0.996. The Kier molecular flexibility index (Phi) is 3.11. The van der Waals surface area contributed by atoms with Crippen molar-refractivity contribution >= 4 is 27.4 Å². The summed E-state index contributed by atoms with van der Waals surface area (Å²) in [6.07, 6.45) is 4.45. The smallest absolute Gasteiger partial charge is 0.180 e. The molecule has 0 radical (unpaired) electrons. The van der Waals surface area contributed by atoms with E-state index < -0.39 is 0 Å². The SMILES string of the molecule is Cc1c(N2CCc3ncc(Br)cc3C2)nn2cnnc2c1C. The highest BCUT2D eigenvalue weighted by Crippen LogP contribution is 2.28. The van der Waals surface area contributed by atoms with Gasteiger partial charge in [-0.05, 0) is 41.4 Å². The molecule has 0 saturated carbocycles. The van der Waals surface area contributed by atoms with Crippen LogP contribution in [0.5, 0.6) is 0 Å². The Balaban J connectivity index is 1.78. The molecule has 22 heavy (non-hydrogen) atoms. The maximum atomic E-state index is 4.70. The molecule has 0 spiro atoms. The molecule has 4 heterocycles. The average molecular weight is 359 g/mol. The predicted octanol–water partition coefficient (Wildman–Crippen LogP) is 2.46. The van der Waals surface area contributed by atoms with Gasteiger partial charge < -0.3 is 4.90 Å². The van der Waals surface area contributed by atoms with Crippen molar-refractivity contribution in [1.29, 1.82) is 0 Å². The minimum Gasteiger partial charge on any atom is -0.350 e. The van der Waals surface area contributed by atoms with Gasteiger partial charge in [0.15, 0.2) is 11.5 Å². The summed E-state index contributed by atoms with van der Waals surface area (Å²) in [6, 6.07) is 2.15. The van der Waals surface area contributed by atoms with Crippen LogP contribution >= 0.6 is 15.9 Å². The first kappa shape index (κ1) is 13.6. The number of hydrogen-bond acceptors (Lipinski definition) is 5. The Morgan fingerprint density at radius 2 is 2.09 bits per heavy atom. The molecule has 0 aromatic carbocycles. The molecule has 0 fully saturated rings. The van der Waals surface area contributed by atoms with Gasteiger partial charge in [-0.15, -0.1) is 15.3 Å². The predicted molar refractivity (Wildman–Crippen MR) is 86.9 cm³/mol. The first-order chi connectivity index (χ1) is 10.6. The summed E-state index contributed by atoms with van der Waals surface area (Å²) in [5, 5.41) is 12.8. The lowest BCUT2D eigenvalue weighted by Gasteiger charge is -2.30. The highest BCUT2D eigenvalue weighted by atomic mass is 79.9. The van der Waals surface area contributed by atoms with E-state index in [0.717, 1.165) is 46.6 Å². The van der Waals surface area contributed by atoms with E-state index in [1.807, 2.05) is 6.20 Å². The highest BCUT2D eigenvalue weighted by molar-refractivity contribution is 9.10. The van der Waals surface area contributed by atoms with Gasteiger partial charge >= 0.3 is 0 Å². The number of fused-ring (bicyclic) bond motifs is 2. The van der Waals surface area contributed by atoms with Gasteiger partial charge in [-0.2, -0.15) is 4.52 Å². The minimum absolute atomic E-state index is 0.822. The molecule has 1 aliphatic rings. The summed E-state index contributed by atoms with van der Waals surface area (Å²) < 4.78 is 2.77. The summed E-state index contributed by atoms with van der Waals surface area (Å²) >= 11 is 3.50. The standard InChI is InChI=1S/C15H15BrN6/c1-9-10(2)15(20-22-8-18-19-14(9)22)21-4-3-13-11(7-21)5-12(16)6-17-13/h5-6,8H,3-4,7H2,1-2H3. The van der Waals surface area contributed by atoms with E-state index in [1.165, 1.54) is 11.3 Å². The van der Waals surface area contributed by atoms with Crippen LogP contribution in [-0.4, -0.2) is 31.3 Å². The number of anilines is 1. The van der Waals surface area contributed by atoms with Crippen LogP contribution in [0.25, 0.3) is 5.65 Å². The van der Waals surface area contributed by atoms with Crippen molar-refractivity contribution in [2.75, 3.05) is 11.4 Å². The van der Waals surface area contributed by atoms with Crippen LogP contribution < -0.4 is 4.90 Å². The Morgan fingerprint density at radius 3 is 2.95 bits per heavy atom. The molecule has 3 aromatic rings. The molecule has 0 unspecified atom stereocenters. The number of rotatable bonds is 1. The van der Waals surface area contributed by atoms with Crippen molar-refractivity contribution in [2.45, 2.75) is 26.8 Å². The van der Waals surface area contributed by atoms with E-state index in [0.29, 0.717) is 0 Å². The van der Waals surface area contributed by atoms with Crippen LogP contribution in [-0.2, 0) is 13.0 Å². The van der Waals surface area contributed by atoms with E-state index in [-0.39, 0.29) is 0 Å². The number of nitrogens with zero attached hydrogens (tertiary/aromatic N) is 6. The van der Waals surface area contributed by atoms with E-state index in [1.54, 1.807) is 10.8 Å². The molecular weight excluding hydrogens is 344 g/mol. The largest absolute Gasteiger partial charge is 0.350 e. The Morgan fingerprint density at radius 1 is 1.23 bits per heavy atom. The third kappa shape index (κ3) is 2.08. The first-order valence-corrected chi connectivity index (χ1v) is 7.98. The monoisotopic (exact) mass is 358 g/mol. The molecule has 0 aliphatic carbocycles. The lowest BCUT2D eigenvalue weighted by atomic mass is 10.0. The van der Waals surface area contributed by atoms with Crippen molar-refractivity contribution in [2.24, 2.45) is 0 Å². The van der Waals surface area contributed by atoms with Gasteiger partial charge in [-0.25, -0.2) is 0 Å². The van der Waals surface area contributed by atoms with Crippen molar-refractivity contribution in [3.05, 3.63) is 45.4 Å². The molecule has 4 rings (SSSR count). The number of halogens is 1. The van der Waals surface area contributed by atoms with Gasteiger partial charge in [0, 0.05) is 47.0 Å². The second-order valence-electron chi connectivity index (χ2n) is 5.60. The number of pyridine rings is 1. The second-order valence-corrected chi connectivity index (χ2v) is 6.52. The van der Waals surface area contributed by atoms with Gasteiger partial charge in [0.1, 0.15) is 6.33 Å². The maximum Gasteiger partial charge on any atom is 0.180 e. The molecule has 6 nitrogen and oxygen atoms in total. The summed E-state index contributed by atoms with van der Waals surface area (Å²) in [4.78, 5) is 6.81. The van der Waals surface area contributed by atoms with Gasteiger partial charge in [-0.3, -0.25) is 4.98 Å². The normalized spacial score (nSPS) is 14.4. The fourth-order valence-corrected chi connectivity index (χ4v) is 3.32. The quantitative estimate of drug-likeness (QED) is 0.668. The topological polar surface area (TPSA) is 59.2 Å². The van der Waals surface area contributed by atoms with Crippen molar-refractivity contribution in [1.82, 2.24) is 24.8 Å². The lowest BCUT2D eigenvalue weighted by molar-refractivity contribution is 0.687. The van der Waals surface area contributed by atoms with Crippen LogP contribution in [0.15, 0.2) is 23.1 Å². The summed E-state index contributed by atoms with van der Waals surface area (Å²) in [6.45, 7) is 5.91. The molecule has 0 N–H and O–H groups in total. The van der Waals surface area contributed by atoms with E-state index in [9.17, 15) is 0 Å². The van der Waals surface area contributed by atoms with Gasteiger partial charge in [0.05, 0.1) is 0 Å².